The minimum Gasteiger partial charge on any atom is -0.482 e. The maximum Gasteiger partial charge on any atom is 0.260 e. The van der Waals surface area contributed by atoms with Crippen LogP contribution in [-0.4, -0.2) is 48.2 Å². The van der Waals surface area contributed by atoms with Crippen molar-refractivity contribution >= 4 is 5.91 Å². The topological polar surface area (TPSA) is 51.7 Å². The quantitative estimate of drug-likeness (QED) is 0.800. The van der Waals surface area contributed by atoms with Gasteiger partial charge in [-0.1, -0.05) is 37.3 Å². The molecule has 0 N–H and O–H groups in total. The summed E-state index contributed by atoms with van der Waals surface area (Å²) in [6.07, 6.45) is 1.62. The molecule has 0 bridgehead atoms. The number of amides is 1. The molecular weight excluding hydrogens is 328 g/mol. The number of aryl methyl sites for hydroxylation is 2. The summed E-state index contributed by atoms with van der Waals surface area (Å²) in [5.41, 5.74) is 3.07. The molecule has 1 aromatic carbocycles. The number of rotatable bonds is 6. The molecule has 5 nitrogen and oxygen atoms in total. The van der Waals surface area contributed by atoms with Crippen LogP contribution in [0.4, 0.5) is 0 Å². The van der Waals surface area contributed by atoms with Gasteiger partial charge in [-0.25, -0.2) is 0 Å². The van der Waals surface area contributed by atoms with E-state index in [2.05, 4.69) is 17.1 Å². The first-order chi connectivity index (χ1) is 12.7. The predicted molar refractivity (Wildman–Crippen MR) is 100 cm³/mol. The summed E-state index contributed by atoms with van der Waals surface area (Å²) in [7, 11) is 0. The highest BCUT2D eigenvalue weighted by Crippen LogP contribution is 2.18. The van der Waals surface area contributed by atoms with E-state index < -0.39 is 0 Å². The van der Waals surface area contributed by atoms with Crippen LogP contribution in [0.15, 0.2) is 42.5 Å². The third-order valence-corrected chi connectivity index (χ3v) is 4.56. The Hall–Kier alpha value is -2.40. The Morgan fingerprint density at radius 2 is 2.08 bits per heavy atom. The molecule has 138 valence electrons. The van der Waals surface area contributed by atoms with Crippen LogP contribution >= 0.6 is 0 Å². The lowest BCUT2D eigenvalue weighted by Crippen LogP contribution is -2.47. The van der Waals surface area contributed by atoms with Crippen LogP contribution in [-0.2, 0) is 22.4 Å². The molecule has 26 heavy (non-hydrogen) atoms. The highest BCUT2D eigenvalue weighted by molar-refractivity contribution is 5.78. The van der Waals surface area contributed by atoms with E-state index in [1.165, 1.54) is 5.56 Å². The van der Waals surface area contributed by atoms with Crippen molar-refractivity contribution in [2.24, 2.45) is 0 Å². The largest absolute Gasteiger partial charge is 0.482 e. The maximum atomic E-state index is 12.6. The van der Waals surface area contributed by atoms with Gasteiger partial charge in [-0.2, -0.15) is 0 Å². The summed E-state index contributed by atoms with van der Waals surface area (Å²) < 4.78 is 11.6. The summed E-state index contributed by atoms with van der Waals surface area (Å²) in [5, 5.41) is 0. The smallest absolute Gasteiger partial charge is 0.260 e. The highest BCUT2D eigenvalue weighted by Gasteiger charge is 2.24. The number of benzene rings is 1. The van der Waals surface area contributed by atoms with Gasteiger partial charge >= 0.3 is 0 Å². The van der Waals surface area contributed by atoms with Crippen molar-refractivity contribution in [3.05, 3.63) is 59.4 Å². The molecule has 0 aliphatic carbocycles. The Labute approximate surface area is 155 Å². The lowest BCUT2D eigenvalue weighted by Gasteiger charge is -2.33. The zero-order valence-corrected chi connectivity index (χ0v) is 15.5. The normalized spacial score (nSPS) is 17.2. The number of hydrogen-bond acceptors (Lipinski definition) is 4. The summed E-state index contributed by atoms with van der Waals surface area (Å²) in [6.45, 7) is 5.80. The molecule has 1 aromatic heterocycles. The average Bonchev–Trinajstić information content (AvgIpc) is 2.67. The van der Waals surface area contributed by atoms with E-state index >= 15 is 0 Å². The van der Waals surface area contributed by atoms with Crippen LogP contribution in [0, 0.1) is 6.92 Å². The predicted octanol–water partition coefficient (Wildman–Crippen LogP) is 2.80. The van der Waals surface area contributed by atoms with Gasteiger partial charge in [-0.05, 0) is 31.0 Å². The first-order valence-corrected chi connectivity index (χ1v) is 9.18. The molecule has 1 aliphatic heterocycles. The van der Waals surface area contributed by atoms with Crippen molar-refractivity contribution in [1.82, 2.24) is 9.88 Å². The van der Waals surface area contributed by atoms with Gasteiger partial charge in [0.05, 0.1) is 18.4 Å². The number of morpholine rings is 1. The van der Waals surface area contributed by atoms with Gasteiger partial charge in [0.25, 0.3) is 5.91 Å². The number of aromatic nitrogens is 1. The van der Waals surface area contributed by atoms with E-state index in [-0.39, 0.29) is 18.6 Å². The van der Waals surface area contributed by atoms with Crippen LogP contribution in [0.25, 0.3) is 0 Å². The van der Waals surface area contributed by atoms with Gasteiger partial charge in [0.15, 0.2) is 6.61 Å². The van der Waals surface area contributed by atoms with E-state index in [1.807, 2.05) is 49.1 Å². The van der Waals surface area contributed by atoms with E-state index in [1.54, 1.807) is 0 Å². The van der Waals surface area contributed by atoms with Crippen molar-refractivity contribution in [3.8, 4) is 5.75 Å². The van der Waals surface area contributed by atoms with Crippen molar-refractivity contribution in [2.45, 2.75) is 32.8 Å². The Balaban J connectivity index is 1.54. The molecule has 3 rings (SSSR count). The molecule has 5 heteroatoms. The number of carbonyl (C=O) groups excluding carboxylic acids is 1. The van der Waals surface area contributed by atoms with E-state index in [0.29, 0.717) is 25.4 Å². The van der Waals surface area contributed by atoms with Gasteiger partial charge < -0.3 is 14.4 Å². The minimum absolute atomic E-state index is 0.00557. The molecule has 0 spiro atoms. The molecule has 2 aromatic rings. The van der Waals surface area contributed by atoms with Crippen LogP contribution in [0.5, 0.6) is 5.75 Å². The van der Waals surface area contributed by atoms with Gasteiger partial charge in [0.2, 0.25) is 0 Å². The Morgan fingerprint density at radius 3 is 2.85 bits per heavy atom. The highest BCUT2D eigenvalue weighted by atomic mass is 16.5. The number of ether oxygens (including phenoxy) is 2. The summed E-state index contributed by atoms with van der Waals surface area (Å²) in [6, 6.07) is 14.0. The molecular formula is C21H26N2O3. The Morgan fingerprint density at radius 1 is 1.27 bits per heavy atom. The third kappa shape index (κ3) is 4.82. The fourth-order valence-electron chi connectivity index (χ4n) is 3.16. The lowest BCUT2D eigenvalue weighted by atomic mass is 10.1. The number of pyridine rings is 1. The molecule has 1 aliphatic rings. The van der Waals surface area contributed by atoms with Crippen LogP contribution < -0.4 is 4.74 Å². The average molecular weight is 354 g/mol. The van der Waals surface area contributed by atoms with Crippen molar-refractivity contribution in [3.63, 3.8) is 0 Å². The summed E-state index contributed by atoms with van der Waals surface area (Å²) in [4.78, 5) is 18.9. The van der Waals surface area contributed by atoms with E-state index in [0.717, 1.165) is 24.2 Å². The first kappa shape index (κ1) is 18.4. The SMILES string of the molecule is CCc1nc(C)ccc1OCC(=O)N1CCO[C@H](Cc2ccccc2)C1. The Kier molecular flexibility index (Phi) is 6.23. The Bertz CT molecular complexity index is 733. The molecule has 0 saturated carbocycles. The molecule has 1 atom stereocenters. The minimum atomic E-state index is -0.00557. The summed E-state index contributed by atoms with van der Waals surface area (Å²) >= 11 is 0. The van der Waals surface area contributed by atoms with Crippen LogP contribution in [0.2, 0.25) is 0 Å². The van der Waals surface area contributed by atoms with Crippen LogP contribution in [0.1, 0.15) is 23.9 Å². The second-order valence-electron chi connectivity index (χ2n) is 6.56. The fraction of sp³-hybridized carbons (Fsp3) is 0.429. The molecule has 1 fully saturated rings. The molecule has 0 unspecified atom stereocenters. The second kappa shape index (κ2) is 8.81. The third-order valence-electron chi connectivity index (χ3n) is 4.56. The monoisotopic (exact) mass is 354 g/mol. The number of nitrogens with zero attached hydrogens (tertiary/aromatic N) is 2. The van der Waals surface area contributed by atoms with Gasteiger partial charge in [0, 0.05) is 25.2 Å². The fourth-order valence-corrected chi connectivity index (χ4v) is 3.16. The van der Waals surface area contributed by atoms with Gasteiger partial charge in [-0.3, -0.25) is 9.78 Å². The second-order valence-corrected chi connectivity index (χ2v) is 6.56. The van der Waals surface area contributed by atoms with Gasteiger partial charge in [0.1, 0.15) is 5.75 Å². The number of carbonyl (C=O) groups is 1. The van der Waals surface area contributed by atoms with Crippen molar-refractivity contribution in [1.29, 1.82) is 0 Å². The molecule has 2 heterocycles. The van der Waals surface area contributed by atoms with Crippen molar-refractivity contribution in [2.75, 3.05) is 26.3 Å². The van der Waals surface area contributed by atoms with E-state index in [4.69, 9.17) is 9.47 Å². The first-order valence-electron chi connectivity index (χ1n) is 9.18. The standard InChI is InChI=1S/C21H26N2O3/c1-3-19-20(10-9-16(2)22-19)26-15-21(24)23-11-12-25-18(14-23)13-17-7-5-4-6-8-17/h4-10,18H,3,11-15H2,1-2H3/t18-/m1/s1. The van der Waals surface area contributed by atoms with E-state index in [9.17, 15) is 4.79 Å². The van der Waals surface area contributed by atoms with Gasteiger partial charge in [-0.15, -0.1) is 0 Å². The molecule has 1 saturated heterocycles. The zero-order valence-electron chi connectivity index (χ0n) is 15.5. The zero-order chi connectivity index (χ0) is 18.4. The molecule has 1 amide bonds. The van der Waals surface area contributed by atoms with Crippen molar-refractivity contribution < 1.29 is 14.3 Å². The number of hydrogen-bond donors (Lipinski definition) is 0. The van der Waals surface area contributed by atoms with Crippen LogP contribution in [0.3, 0.4) is 0 Å². The lowest BCUT2D eigenvalue weighted by molar-refractivity contribution is -0.140. The maximum absolute atomic E-state index is 12.6. The summed E-state index contributed by atoms with van der Waals surface area (Å²) in [5.74, 6) is 0.689. The molecule has 0 radical (unpaired) electrons.